The van der Waals surface area contributed by atoms with E-state index < -0.39 is 11.9 Å². The molecule has 0 spiro atoms. The van der Waals surface area contributed by atoms with E-state index in [4.69, 9.17) is 18.7 Å². The van der Waals surface area contributed by atoms with Gasteiger partial charge in [0.15, 0.2) is 11.6 Å². The van der Waals surface area contributed by atoms with E-state index in [0.29, 0.717) is 49.4 Å². The summed E-state index contributed by atoms with van der Waals surface area (Å²) in [5, 5.41) is 10.7. The largest absolute Gasteiger partial charge is 0.438 e. The standard InChI is InChI=1S/C22H28N6O6/c1-13(2)17-23-19(31-25-17)15-7-5-9-27(11-15)33-21(29)22(30)34-28-10-6-8-16(12-28)20-24-18(14(3)4)26-32-20/h7-8,13-14H,5-6,9-12H2,1-4H3. The first kappa shape index (κ1) is 23.8. The van der Waals surface area contributed by atoms with Crippen LogP contribution in [0.1, 0.15) is 75.8 Å². The van der Waals surface area contributed by atoms with E-state index in [2.05, 4.69) is 20.3 Å². The van der Waals surface area contributed by atoms with Crippen molar-refractivity contribution in [1.82, 2.24) is 30.4 Å². The average molecular weight is 473 g/mol. The third-order valence-corrected chi connectivity index (χ3v) is 5.29. The summed E-state index contributed by atoms with van der Waals surface area (Å²) in [6.45, 7) is 9.19. The molecular weight excluding hydrogens is 444 g/mol. The predicted octanol–water partition coefficient (Wildman–Crippen LogP) is 2.49. The van der Waals surface area contributed by atoms with Crippen molar-refractivity contribution >= 4 is 23.1 Å². The highest BCUT2D eigenvalue weighted by Gasteiger charge is 2.29. The van der Waals surface area contributed by atoms with Gasteiger partial charge in [-0.3, -0.25) is 0 Å². The molecule has 0 radical (unpaired) electrons. The molecule has 0 N–H and O–H groups in total. The molecule has 0 saturated heterocycles. The van der Waals surface area contributed by atoms with Gasteiger partial charge in [-0.1, -0.05) is 50.2 Å². The topological polar surface area (TPSA) is 137 Å². The fourth-order valence-electron chi connectivity index (χ4n) is 3.41. The zero-order valence-corrected chi connectivity index (χ0v) is 19.7. The van der Waals surface area contributed by atoms with Crippen LogP contribution >= 0.6 is 0 Å². The number of aromatic nitrogens is 4. The van der Waals surface area contributed by atoms with Gasteiger partial charge < -0.3 is 18.7 Å². The summed E-state index contributed by atoms with van der Waals surface area (Å²) in [5.41, 5.74) is 1.47. The first-order chi connectivity index (χ1) is 16.3. The van der Waals surface area contributed by atoms with Crippen LogP contribution in [0.2, 0.25) is 0 Å². The van der Waals surface area contributed by atoms with Gasteiger partial charge in [-0.05, 0) is 12.8 Å². The van der Waals surface area contributed by atoms with Crippen molar-refractivity contribution in [1.29, 1.82) is 0 Å². The van der Waals surface area contributed by atoms with Gasteiger partial charge in [0.2, 0.25) is 0 Å². The van der Waals surface area contributed by atoms with Crippen molar-refractivity contribution in [2.75, 3.05) is 26.2 Å². The molecule has 0 aliphatic carbocycles. The van der Waals surface area contributed by atoms with Crippen molar-refractivity contribution in [3.8, 4) is 0 Å². The number of nitrogens with zero attached hydrogens (tertiary/aromatic N) is 6. The fourth-order valence-corrected chi connectivity index (χ4v) is 3.41. The maximum atomic E-state index is 12.4. The minimum absolute atomic E-state index is 0.132. The number of rotatable bonds is 6. The van der Waals surface area contributed by atoms with Gasteiger partial charge in [-0.25, -0.2) is 9.59 Å². The van der Waals surface area contributed by atoms with E-state index in [1.54, 1.807) is 0 Å². The summed E-state index contributed by atoms with van der Waals surface area (Å²) < 4.78 is 10.6. The van der Waals surface area contributed by atoms with Crippen LogP contribution in [0.4, 0.5) is 0 Å². The Bertz CT molecular complexity index is 1010. The Kier molecular flexibility index (Phi) is 7.17. The lowest BCUT2D eigenvalue weighted by molar-refractivity contribution is -0.215. The van der Waals surface area contributed by atoms with Gasteiger partial charge in [-0.2, -0.15) is 9.97 Å². The molecule has 182 valence electrons. The molecule has 4 heterocycles. The second kappa shape index (κ2) is 10.3. The molecule has 2 aromatic heterocycles. The van der Waals surface area contributed by atoms with Gasteiger partial charge >= 0.3 is 11.9 Å². The molecule has 0 aromatic carbocycles. The van der Waals surface area contributed by atoms with Crippen LogP contribution in [0.25, 0.3) is 11.1 Å². The number of hydrogen-bond acceptors (Lipinski definition) is 12. The lowest BCUT2D eigenvalue weighted by atomic mass is 10.1. The Labute approximate surface area is 196 Å². The quantitative estimate of drug-likeness (QED) is 0.571. The molecule has 12 heteroatoms. The first-order valence-electron chi connectivity index (χ1n) is 11.3. The van der Waals surface area contributed by atoms with Gasteiger partial charge in [-0.15, -0.1) is 10.1 Å². The number of carbonyl (C=O) groups excluding carboxylic acids is 2. The highest BCUT2D eigenvalue weighted by Crippen LogP contribution is 2.23. The van der Waals surface area contributed by atoms with Crippen LogP contribution in [-0.4, -0.2) is 68.5 Å². The lowest BCUT2D eigenvalue weighted by Gasteiger charge is -2.26. The fraction of sp³-hybridized carbons (Fsp3) is 0.545. The van der Waals surface area contributed by atoms with Crippen LogP contribution in [0.3, 0.4) is 0 Å². The lowest BCUT2D eigenvalue weighted by Crippen LogP contribution is -2.39. The molecule has 0 saturated carbocycles. The number of hydrogen-bond donors (Lipinski definition) is 0. The average Bonchev–Trinajstić information content (AvgIpc) is 3.50. The van der Waals surface area contributed by atoms with Crippen LogP contribution in [0.15, 0.2) is 21.2 Å². The molecular formula is C22H28N6O6. The Morgan fingerprint density at radius 3 is 1.56 bits per heavy atom. The van der Waals surface area contributed by atoms with Crippen LogP contribution in [-0.2, 0) is 19.3 Å². The summed E-state index contributed by atoms with van der Waals surface area (Å²) in [7, 11) is 0. The second-order valence-corrected chi connectivity index (χ2v) is 8.75. The molecule has 12 nitrogen and oxygen atoms in total. The Hall–Kier alpha value is -3.38. The number of carbonyl (C=O) groups is 2. The Balaban J connectivity index is 1.29. The van der Waals surface area contributed by atoms with Crippen molar-refractivity contribution in [3.05, 3.63) is 35.6 Å². The van der Waals surface area contributed by atoms with Crippen LogP contribution in [0.5, 0.6) is 0 Å². The SMILES string of the molecule is CC(C)c1noc(C2=CCCN(OC(=O)C(=O)ON3CCC=C(c4nc(C(C)C)no4)C3)C2)n1. The molecule has 2 aliphatic rings. The zero-order chi connectivity index (χ0) is 24.2. The molecule has 0 bridgehead atoms. The highest BCUT2D eigenvalue weighted by molar-refractivity contribution is 6.29. The van der Waals surface area contributed by atoms with Crippen molar-refractivity contribution < 1.29 is 28.3 Å². The van der Waals surface area contributed by atoms with E-state index >= 15 is 0 Å². The van der Waals surface area contributed by atoms with Gasteiger partial charge in [0, 0.05) is 36.1 Å². The van der Waals surface area contributed by atoms with E-state index in [9.17, 15) is 9.59 Å². The summed E-state index contributed by atoms with van der Waals surface area (Å²) in [4.78, 5) is 44.0. The third-order valence-electron chi connectivity index (χ3n) is 5.29. The van der Waals surface area contributed by atoms with Crippen LogP contribution in [0, 0.1) is 0 Å². The van der Waals surface area contributed by atoms with Gasteiger partial charge in [0.25, 0.3) is 11.8 Å². The minimum Gasteiger partial charge on any atom is -0.359 e. The summed E-state index contributed by atoms with van der Waals surface area (Å²) in [6.07, 6.45) is 5.09. The molecule has 0 unspecified atom stereocenters. The minimum atomic E-state index is -1.11. The Morgan fingerprint density at radius 2 is 1.21 bits per heavy atom. The number of hydroxylamine groups is 4. The second-order valence-electron chi connectivity index (χ2n) is 8.75. The van der Waals surface area contributed by atoms with Crippen molar-refractivity contribution in [3.63, 3.8) is 0 Å². The molecule has 4 rings (SSSR count). The van der Waals surface area contributed by atoms with E-state index in [-0.39, 0.29) is 24.9 Å². The van der Waals surface area contributed by atoms with Crippen molar-refractivity contribution in [2.45, 2.75) is 52.4 Å². The molecule has 0 fully saturated rings. The smallest absolute Gasteiger partial charge is 0.359 e. The van der Waals surface area contributed by atoms with Gasteiger partial charge in [0.1, 0.15) is 0 Å². The Morgan fingerprint density at radius 1 is 0.794 bits per heavy atom. The van der Waals surface area contributed by atoms with Crippen LogP contribution < -0.4 is 0 Å². The first-order valence-corrected chi connectivity index (χ1v) is 11.3. The van der Waals surface area contributed by atoms with Crippen molar-refractivity contribution in [2.24, 2.45) is 0 Å². The molecule has 0 atom stereocenters. The normalized spacial score (nSPS) is 17.6. The molecule has 34 heavy (non-hydrogen) atoms. The zero-order valence-electron chi connectivity index (χ0n) is 19.7. The van der Waals surface area contributed by atoms with E-state index in [1.165, 1.54) is 10.1 Å². The van der Waals surface area contributed by atoms with Gasteiger partial charge in [0.05, 0.1) is 13.1 Å². The maximum Gasteiger partial charge on any atom is 0.438 e. The molecule has 2 aromatic rings. The highest BCUT2D eigenvalue weighted by atomic mass is 16.8. The summed E-state index contributed by atoms with van der Waals surface area (Å²) >= 11 is 0. The predicted molar refractivity (Wildman–Crippen MR) is 117 cm³/mol. The molecule has 0 amide bonds. The monoisotopic (exact) mass is 472 g/mol. The third kappa shape index (κ3) is 5.57. The molecule has 2 aliphatic heterocycles. The summed E-state index contributed by atoms with van der Waals surface area (Å²) in [6, 6.07) is 0. The maximum absolute atomic E-state index is 12.4. The van der Waals surface area contributed by atoms with E-state index in [1.807, 2.05) is 39.8 Å². The van der Waals surface area contributed by atoms with E-state index in [0.717, 1.165) is 11.1 Å². The summed E-state index contributed by atoms with van der Waals surface area (Å²) in [5.74, 6) is 0.00755.